The highest BCUT2D eigenvalue weighted by Gasteiger charge is 2.78. The van der Waals surface area contributed by atoms with Crippen LogP contribution in [0.3, 0.4) is 0 Å². The van der Waals surface area contributed by atoms with Crippen molar-refractivity contribution in [2.24, 2.45) is 16.7 Å². The Labute approximate surface area is 360 Å². The Hall–Kier alpha value is -5.76. The van der Waals surface area contributed by atoms with Crippen LogP contribution in [0.15, 0.2) is 102 Å². The quantitative estimate of drug-likeness (QED) is 0.0773. The molecule has 4 aliphatic rings. The monoisotopic (exact) mass is 848 g/mol. The lowest BCUT2D eigenvalue weighted by atomic mass is 9.44. The first-order valence-corrected chi connectivity index (χ1v) is 20.7. The van der Waals surface area contributed by atoms with Gasteiger partial charge in [0, 0.05) is 62.1 Å². The second-order valence-electron chi connectivity index (χ2n) is 17.4. The zero-order valence-electron chi connectivity index (χ0n) is 35.9. The van der Waals surface area contributed by atoms with Crippen molar-refractivity contribution >= 4 is 41.5 Å². The molecule has 13 nitrogen and oxygen atoms in total. The summed E-state index contributed by atoms with van der Waals surface area (Å²) in [5.41, 5.74) is -4.03. The van der Waals surface area contributed by atoms with Crippen molar-refractivity contribution in [3.8, 4) is 0 Å². The maximum absolute atomic E-state index is 15.9. The fourth-order valence-corrected chi connectivity index (χ4v) is 10.3. The highest BCUT2D eigenvalue weighted by Crippen LogP contribution is 2.65. The van der Waals surface area contributed by atoms with Crippen molar-refractivity contribution in [2.75, 3.05) is 6.61 Å². The highest BCUT2D eigenvalue weighted by atomic mass is 16.6. The number of esters is 4. The summed E-state index contributed by atoms with van der Waals surface area (Å²) in [4.78, 5) is 81.6. The number of aliphatic hydroxyl groups is 1. The minimum Gasteiger partial charge on any atom is -0.458 e. The Morgan fingerprint density at radius 2 is 1.42 bits per heavy atom. The van der Waals surface area contributed by atoms with E-state index in [1.165, 1.54) is 26.0 Å². The molecule has 0 aromatic heterocycles. The molecule has 7 rings (SSSR count). The fourth-order valence-electron chi connectivity index (χ4n) is 10.3. The average molecular weight is 849 g/mol. The first kappa shape index (κ1) is 44.3. The van der Waals surface area contributed by atoms with Gasteiger partial charge in [-0.2, -0.15) is 0 Å². The van der Waals surface area contributed by atoms with Crippen LogP contribution in [0.25, 0.3) is 6.08 Å². The van der Waals surface area contributed by atoms with E-state index < -0.39 is 88.1 Å². The molecule has 3 aromatic carbocycles. The molecule has 2 saturated carbocycles. The van der Waals surface area contributed by atoms with E-state index in [2.05, 4.69) is 0 Å². The van der Waals surface area contributed by atoms with Crippen LogP contribution in [-0.2, 0) is 59.0 Å². The third-order valence-corrected chi connectivity index (χ3v) is 13.4. The van der Waals surface area contributed by atoms with Crippen molar-refractivity contribution in [3.63, 3.8) is 0 Å². The number of ether oxygens (including phenoxy) is 6. The Kier molecular flexibility index (Phi) is 12.0. The summed E-state index contributed by atoms with van der Waals surface area (Å²) in [7, 11) is 0. The molecule has 13 heteroatoms. The van der Waals surface area contributed by atoms with E-state index in [0.29, 0.717) is 22.3 Å². The van der Waals surface area contributed by atoms with Gasteiger partial charge in [0.2, 0.25) is 0 Å². The SMILES string of the molecule is CC(=O)O[C@H]1C(=O)[C@]2(C)[C@@H](OC(=O)/C=C/c3ccc(C(=O)c4ccccc4)cc3)C[C@H]3OC[C@@]3(OC(C)=O)[C@H]2[C@H](OCc2ccccc2)[C@]2(O)C[C@H](OC(C)=O)C(C)=C1C2(C)C. The molecule has 0 spiro atoms. The second kappa shape index (κ2) is 16.8. The van der Waals surface area contributed by atoms with Gasteiger partial charge in [0.15, 0.2) is 23.3 Å². The summed E-state index contributed by atoms with van der Waals surface area (Å²) in [6, 6.07) is 24.7. The van der Waals surface area contributed by atoms with Gasteiger partial charge >= 0.3 is 23.9 Å². The number of carbonyl (C=O) groups excluding carboxylic acids is 6. The summed E-state index contributed by atoms with van der Waals surface area (Å²) >= 11 is 0. The van der Waals surface area contributed by atoms with Gasteiger partial charge in [0.25, 0.3) is 0 Å². The van der Waals surface area contributed by atoms with Crippen molar-refractivity contribution in [2.45, 2.75) is 110 Å². The van der Waals surface area contributed by atoms with E-state index in [-0.39, 0.29) is 37.4 Å². The third-order valence-electron chi connectivity index (χ3n) is 13.4. The van der Waals surface area contributed by atoms with Gasteiger partial charge in [-0.25, -0.2) is 4.79 Å². The first-order valence-electron chi connectivity index (χ1n) is 20.7. The predicted octanol–water partition coefficient (Wildman–Crippen LogP) is 6.08. The van der Waals surface area contributed by atoms with Crippen molar-refractivity contribution < 1.29 is 62.3 Å². The summed E-state index contributed by atoms with van der Waals surface area (Å²) in [5.74, 6) is -5.13. The van der Waals surface area contributed by atoms with E-state index >= 15 is 4.79 Å². The molecule has 62 heavy (non-hydrogen) atoms. The van der Waals surface area contributed by atoms with Crippen molar-refractivity contribution in [3.05, 3.63) is 124 Å². The molecule has 326 valence electrons. The number of fused-ring (bicyclic) bond motifs is 5. The van der Waals surface area contributed by atoms with Gasteiger partial charge in [-0.3, -0.25) is 24.0 Å². The van der Waals surface area contributed by atoms with E-state index in [4.69, 9.17) is 28.4 Å². The summed E-state index contributed by atoms with van der Waals surface area (Å²) < 4.78 is 37.3. The standard InChI is InChI=1S/C49H52O13/c1-28-36(59-29(2)50)25-49(56)45(57-26-33-14-10-8-11-15-33)43-47(7,44(55)42(60-30(3)51)40(28)46(49,5)6)37(24-38-48(43,27-58-38)62-31(4)52)61-39(53)23-20-32-18-21-35(22-19-32)41(54)34-16-12-9-13-17-34/h8-23,36-38,42-43,45,56H,24-27H2,1-7H3/b23-20+/t36-,37-,38+,42+,43-,45-,47+,48-,49+/m0/s1. The molecule has 9 atom stereocenters. The van der Waals surface area contributed by atoms with Crippen LogP contribution in [0.5, 0.6) is 0 Å². The Morgan fingerprint density at radius 3 is 2.00 bits per heavy atom. The van der Waals surface area contributed by atoms with E-state index in [1.54, 1.807) is 76.2 Å². The molecule has 1 aliphatic heterocycles. The zero-order chi connectivity index (χ0) is 44.8. The lowest BCUT2D eigenvalue weighted by molar-refractivity contribution is -0.352. The molecule has 3 aliphatic carbocycles. The number of hydrogen-bond acceptors (Lipinski definition) is 13. The molecule has 1 N–H and O–H groups in total. The molecule has 0 unspecified atom stereocenters. The van der Waals surface area contributed by atoms with Crippen LogP contribution in [0, 0.1) is 16.7 Å². The van der Waals surface area contributed by atoms with Gasteiger partial charge in [0.05, 0.1) is 24.7 Å². The summed E-state index contributed by atoms with van der Waals surface area (Å²) in [6.07, 6.45) is -4.01. The van der Waals surface area contributed by atoms with E-state index in [9.17, 15) is 29.1 Å². The molecule has 1 saturated heterocycles. The molecule has 2 bridgehead atoms. The third kappa shape index (κ3) is 7.71. The molecule has 3 fully saturated rings. The second-order valence-corrected chi connectivity index (χ2v) is 17.4. The molecule has 1 heterocycles. The largest absolute Gasteiger partial charge is 0.458 e. The fraction of sp³-hybridized carbons (Fsp3) is 0.429. The van der Waals surface area contributed by atoms with Crippen LogP contribution in [0.1, 0.15) is 88.4 Å². The Morgan fingerprint density at radius 1 is 0.806 bits per heavy atom. The minimum atomic E-state index is -2.03. The number of hydrogen-bond donors (Lipinski definition) is 1. The Balaban J connectivity index is 1.35. The zero-order valence-corrected chi connectivity index (χ0v) is 35.9. The van der Waals surface area contributed by atoms with Gasteiger partial charge < -0.3 is 33.5 Å². The summed E-state index contributed by atoms with van der Waals surface area (Å²) in [5, 5.41) is 13.6. The molecular weight excluding hydrogens is 797 g/mol. The van der Waals surface area contributed by atoms with Crippen LogP contribution in [-0.4, -0.2) is 88.9 Å². The molecule has 3 aromatic rings. The maximum atomic E-state index is 15.9. The number of Topliss-reactive ketones (excluding diaryl/α,β-unsaturated/α-hetero) is 1. The van der Waals surface area contributed by atoms with Crippen LogP contribution >= 0.6 is 0 Å². The number of rotatable bonds is 11. The van der Waals surface area contributed by atoms with Crippen LogP contribution < -0.4 is 0 Å². The highest BCUT2D eigenvalue weighted by molar-refractivity contribution is 6.09. The van der Waals surface area contributed by atoms with Crippen LogP contribution in [0.4, 0.5) is 0 Å². The predicted molar refractivity (Wildman–Crippen MR) is 223 cm³/mol. The maximum Gasteiger partial charge on any atom is 0.331 e. The molecule has 0 amide bonds. The lowest BCUT2D eigenvalue weighted by Crippen LogP contribution is -2.82. The number of ketones is 2. The van der Waals surface area contributed by atoms with E-state index in [1.807, 2.05) is 36.4 Å². The Bertz CT molecular complexity index is 2320. The molecular formula is C49H52O13. The van der Waals surface area contributed by atoms with Gasteiger partial charge in [-0.15, -0.1) is 0 Å². The summed E-state index contributed by atoms with van der Waals surface area (Å²) in [6.45, 7) is 10.0. The van der Waals surface area contributed by atoms with Gasteiger partial charge in [-0.05, 0) is 42.2 Å². The van der Waals surface area contributed by atoms with Crippen LogP contribution in [0.2, 0.25) is 0 Å². The van der Waals surface area contributed by atoms with E-state index in [0.717, 1.165) is 12.5 Å². The first-order chi connectivity index (χ1) is 29.3. The van der Waals surface area contributed by atoms with Gasteiger partial charge in [0.1, 0.15) is 23.9 Å². The van der Waals surface area contributed by atoms with Crippen molar-refractivity contribution in [1.82, 2.24) is 0 Å². The lowest BCUT2D eigenvalue weighted by Gasteiger charge is -2.68. The number of carbonyl (C=O) groups is 6. The minimum absolute atomic E-state index is 0.0705. The molecule has 0 radical (unpaired) electrons. The van der Waals surface area contributed by atoms with Gasteiger partial charge in [-0.1, -0.05) is 98.8 Å². The topological polar surface area (TPSA) is 178 Å². The normalized spacial score (nSPS) is 31.0. The number of benzene rings is 3. The average Bonchev–Trinajstić information content (AvgIpc) is 3.22. The smallest absolute Gasteiger partial charge is 0.331 e. The van der Waals surface area contributed by atoms with Crippen molar-refractivity contribution in [1.29, 1.82) is 0 Å².